The molecule has 0 amide bonds. The lowest BCUT2D eigenvalue weighted by molar-refractivity contribution is 0.0829. The highest BCUT2D eigenvalue weighted by Gasteiger charge is 2.31. The number of ketones is 1. The molecule has 1 aliphatic heterocycles. The number of hydrogen-bond donors (Lipinski definition) is 0. The third-order valence-corrected chi connectivity index (χ3v) is 4.14. The summed E-state index contributed by atoms with van der Waals surface area (Å²) in [6, 6.07) is 9.47. The van der Waals surface area contributed by atoms with Crippen LogP contribution in [0.25, 0.3) is 0 Å². The average Bonchev–Trinajstić information content (AvgIpc) is 2.93. The number of para-hydroxylation sites is 1. The molecule has 2 heterocycles. The normalized spacial score (nSPS) is 17.6. The fourth-order valence-corrected chi connectivity index (χ4v) is 3.08. The molecule has 0 saturated carbocycles. The van der Waals surface area contributed by atoms with Crippen molar-refractivity contribution in [2.75, 3.05) is 0 Å². The van der Waals surface area contributed by atoms with E-state index in [1.54, 1.807) is 6.07 Å². The maximum absolute atomic E-state index is 12.2. The first-order valence-corrected chi connectivity index (χ1v) is 6.53. The first kappa shape index (κ1) is 10.8. The second kappa shape index (κ2) is 4.17. The number of fused-ring (bicyclic) bond motifs is 1. The zero-order chi connectivity index (χ0) is 11.8. The average molecular weight is 265 g/mol. The van der Waals surface area contributed by atoms with E-state index in [2.05, 4.69) is 0 Å². The Labute approximate surface area is 108 Å². The summed E-state index contributed by atoms with van der Waals surface area (Å²) in [5.41, 5.74) is 1.08. The van der Waals surface area contributed by atoms with Crippen molar-refractivity contribution >= 4 is 28.7 Å². The van der Waals surface area contributed by atoms with Gasteiger partial charge in [-0.1, -0.05) is 29.8 Å². The summed E-state index contributed by atoms with van der Waals surface area (Å²) >= 11 is 7.32. The van der Waals surface area contributed by atoms with Crippen molar-refractivity contribution in [2.45, 2.75) is 12.5 Å². The molecule has 86 valence electrons. The Morgan fingerprint density at radius 3 is 2.88 bits per heavy atom. The molecule has 0 saturated heterocycles. The molecule has 2 nitrogen and oxygen atoms in total. The Hall–Kier alpha value is -1.32. The minimum Gasteiger partial charge on any atom is -0.482 e. The van der Waals surface area contributed by atoms with Gasteiger partial charge in [0.15, 0.2) is 6.10 Å². The number of hydrogen-bond acceptors (Lipinski definition) is 3. The molecule has 2 aromatic rings. The molecule has 17 heavy (non-hydrogen) atoms. The third kappa shape index (κ3) is 1.85. The largest absolute Gasteiger partial charge is 0.482 e. The summed E-state index contributed by atoms with van der Waals surface area (Å²) < 4.78 is 5.65. The summed E-state index contributed by atoms with van der Waals surface area (Å²) in [6.07, 6.45) is 0.201. The number of ether oxygens (including phenoxy) is 1. The first-order valence-electron chi connectivity index (χ1n) is 5.27. The standard InChI is InChI=1S/C13H9ClO2S/c14-9-5-6-17-13(9)12(15)11-7-8-3-1-2-4-10(8)16-11/h1-6,11H,7H2. The Balaban J connectivity index is 1.86. The van der Waals surface area contributed by atoms with E-state index in [0.717, 1.165) is 11.3 Å². The maximum Gasteiger partial charge on any atom is 0.215 e. The van der Waals surface area contributed by atoms with E-state index in [1.807, 2.05) is 29.6 Å². The Morgan fingerprint density at radius 1 is 1.35 bits per heavy atom. The van der Waals surface area contributed by atoms with Crippen molar-refractivity contribution < 1.29 is 9.53 Å². The Bertz CT molecular complexity index is 551. The van der Waals surface area contributed by atoms with Crippen molar-refractivity contribution in [3.05, 3.63) is 51.2 Å². The highest BCUT2D eigenvalue weighted by molar-refractivity contribution is 7.12. The number of Topliss-reactive ketones (excluding diaryl/α,β-unsaturated/α-hetero) is 1. The van der Waals surface area contributed by atoms with Gasteiger partial charge in [0, 0.05) is 6.42 Å². The maximum atomic E-state index is 12.2. The second-order valence-electron chi connectivity index (χ2n) is 3.88. The summed E-state index contributed by atoms with van der Waals surface area (Å²) in [5, 5.41) is 2.33. The zero-order valence-electron chi connectivity index (χ0n) is 8.85. The van der Waals surface area contributed by atoms with Gasteiger partial charge < -0.3 is 4.74 Å². The number of carbonyl (C=O) groups excluding carboxylic acids is 1. The van der Waals surface area contributed by atoms with Crippen molar-refractivity contribution in [2.24, 2.45) is 0 Å². The molecule has 0 radical (unpaired) electrons. The van der Waals surface area contributed by atoms with Crippen LogP contribution in [0.5, 0.6) is 5.75 Å². The molecule has 0 aliphatic carbocycles. The van der Waals surface area contributed by atoms with E-state index in [-0.39, 0.29) is 5.78 Å². The van der Waals surface area contributed by atoms with Crippen LogP contribution < -0.4 is 4.74 Å². The van der Waals surface area contributed by atoms with Crippen LogP contribution in [0.3, 0.4) is 0 Å². The van der Waals surface area contributed by atoms with Crippen LogP contribution in [0.4, 0.5) is 0 Å². The smallest absolute Gasteiger partial charge is 0.215 e. The Kier molecular flexibility index (Phi) is 2.65. The predicted molar refractivity (Wildman–Crippen MR) is 68.2 cm³/mol. The van der Waals surface area contributed by atoms with Gasteiger partial charge in [0.2, 0.25) is 5.78 Å². The minimum atomic E-state index is -0.427. The molecular weight excluding hydrogens is 256 g/mol. The van der Waals surface area contributed by atoms with E-state index in [0.29, 0.717) is 16.3 Å². The van der Waals surface area contributed by atoms with Crippen molar-refractivity contribution in [3.8, 4) is 5.75 Å². The lowest BCUT2D eigenvalue weighted by atomic mass is 10.1. The summed E-state index contributed by atoms with van der Waals surface area (Å²) in [6.45, 7) is 0. The summed E-state index contributed by atoms with van der Waals surface area (Å²) in [5.74, 6) is 0.778. The van der Waals surface area contributed by atoms with Crippen LogP contribution in [0.15, 0.2) is 35.7 Å². The van der Waals surface area contributed by atoms with E-state index in [9.17, 15) is 4.79 Å². The molecule has 1 aromatic carbocycles. The fourth-order valence-electron chi connectivity index (χ4n) is 1.94. The quantitative estimate of drug-likeness (QED) is 0.775. The van der Waals surface area contributed by atoms with Crippen LogP contribution in [0, 0.1) is 0 Å². The predicted octanol–water partition coefficient (Wildman–Crippen LogP) is 3.59. The molecule has 1 unspecified atom stereocenters. The molecule has 1 aliphatic rings. The SMILES string of the molecule is O=C(c1sccc1Cl)C1Cc2ccccc2O1. The number of carbonyl (C=O) groups is 1. The number of halogens is 1. The van der Waals surface area contributed by atoms with Gasteiger partial charge in [0.25, 0.3) is 0 Å². The van der Waals surface area contributed by atoms with Crippen LogP contribution in [0.1, 0.15) is 15.2 Å². The molecule has 0 N–H and O–H groups in total. The fraction of sp³-hybridized carbons (Fsp3) is 0.154. The van der Waals surface area contributed by atoms with E-state index < -0.39 is 6.10 Å². The molecule has 1 atom stereocenters. The number of thiophene rings is 1. The van der Waals surface area contributed by atoms with Gasteiger partial charge in [-0.3, -0.25) is 4.79 Å². The van der Waals surface area contributed by atoms with E-state index >= 15 is 0 Å². The van der Waals surface area contributed by atoms with Crippen LogP contribution >= 0.6 is 22.9 Å². The number of rotatable bonds is 2. The zero-order valence-corrected chi connectivity index (χ0v) is 10.4. The minimum absolute atomic E-state index is 0.0267. The first-order chi connectivity index (χ1) is 8.25. The topological polar surface area (TPSA) is 26.3 Å². The highest BCUT2D eigenvalue weighted by Crippen LogP contribution is 2.32. The highest BCUT2D eigenvalue weighted by atomic mass is 35.5. The molecule has 0 bridgehead atoms. The molecule has 4 heteroatoms. The van der Waals surface area contributed by atoms with Gasteiger partial charge in [-0.15, -0.1) is 11.3 Å². The van der Waals surface area contributed by atoms with E-state index in [1.165, 1.54) is 11.3 Å². The second-order valence-corrected chi connectivity index (χ2v) is 5.20. The van der Waals surface area contributed by atoms with E-state index in [4.69, 9.17) is 16.3 Å². The Morgan fingerprint density at radius 2 is 2.18 bits per heavy atom. The molecular formula is C13H9ClO2S. The molecule has 1 aromatic heterocycles. The van der Waals surface area contributed by atoms with Crippen molar-refractivity contribution in [1.82, 2.24) is 0 Å². The molecule has 3 rings (SSSR count). The monoisotopic (exact) mass is 264 g/mol. The summed E-state index contributed by atoms with van der Waals surface area (Å²) in [7, 11) is 0. The number of benzene rings is 1. The van der Waals surface area contributed by atoms with Gasteiger partial charge in [0.05, 0.1) is 9.90 Å². The van der Waals surface area contributed by atoms with Crippen LogP contribution in [-0.2, 0) is 6.42 Å². The third-order valence-electron chi connectivity index (χ3n) is 2.78. The van der Waals surface area contributed by atoms with Crippen LogP contribution in [0.2, 0.25) is 5.02 Å². The van der Waals surface area contributed by atoms with Gasteiger partial charge in [-0.25, -0.2) is 0 Å². The van der Waals surface area contributed by atoms with Crippen molar-refractivity contribution in [3.63, 3.8) is 0 Å². The lowest BCUT2D eigenvalue weighted by Gasteiger charge is -2.08. The molecule has 0 spiro atoms. The van der Waals surface area contributed by atoms with Gasteiger partial charge in [-0.05, 0) is 23.1 Å². The summed E-state index contributed by atoms with van der Waals surface area (Å²) in [4.78, 5) is 12.8. The van der Waals surface area contributed by atoms with Gasteiger partial charge in [0.1, 0.15) is 5.75 Å². The van der Waals surface area contributed by atoms with Gasteiger partial charge in [-0.2, -0.15) is 0 Å². The van der Waals surface area contributed by atoms with Crippen LogP contribution in [-0.4, -0.2) is 11.9 Å². The van der Waals surface area contributed by atoms with Crippen molar-refractivity contribution in [1.29, 1.82) is 0 Å². The lowest BCUT2D eigenvalue weighted by Crippen LogP contribution is -2.24. The van der Waals surface area contributed by atoms with Gasteiger partial charge >= 0.3 is 0 Å². The molecule has 0 fully saturated rings.